The van der Waals surface area contributed by atoms with Crippen molar-refractivity contribution in [2.24, 2.45) is 0 Å². The van der Waals surface area contributed by atoms with Crippen molar-refractivity contribution in [2.75, 3.05) is 0 Å². The summed E-state index contributed by atoms with van der Waals surface area (Å²) < 4.78 is 29.4. The molecular weight excluding hydrogens is 290 g/mol. The Balaban J connectivity index is 2.07. The zero-order valence-corrected chi connectivity index (χ0v) is 12.3. The van der Waals surface area contributed by atoms with Crippen molar-refractivity contribution in [1.29, 1.82) is 0 Å². The van der Waals surface area contributed by atoms with Gasteiger partial charge in [0, 0.05) is 12.1 Å². The number of hydrogen-bond acceptors (Lipinski definition) is 1. The third-order valence-corrected chi connectivity index (χ3v) is 3.86. The third-order valence-electron chi connectivity index (χ3n) is 3.56. The molecule has 1 atom stereocenters. The van der Waals surface area contributed by atoms with Gasteiger partial charge in [0.15, 0.2) is 10.6 Å². The van der Waals surface area contributed by atoms with Crippen LogP contribution in [0.1, 0.15) is 18.5 Å². The Morgan fingerprint density at radius 3 is 2.62 bits per heavy atom. The normalized spacial score (nSPS) is 12.7. The van der Waals surface area contributed by atoms with Crippen molar-refractivity contribution in [2.45, 2.75) is 19.4 Å². The number of benzene rings is 2. The Bertz CT molecular complexity index is 837. The maximum atomic E-state index is 13.8. The van der Waals surface area contributed by atoms with E-state index in [9.17, 15) is 8.78 Å². The van der Waals surface area contributed by atoms with Crippen molar-refractivity contribution < 1.29 is 8.78 Å². The summed E-state index contributed by atoms with van der Waals surface area (Å²) in [6, 6.07) is 12.1. The molecule has 0 aliphatic heterocycles. The van der Waals surface area contributed by atoms with E-state index in [0.29, 0.717) is 10.3 Å². The maximum absolute atomic E-state index is 13.8. The fraction of sp³-hybridized carbons (Fsp3) is 0.188. The zero-order valence-electron chi connectivity index (χ0n) is 11.4. The monoisotopic (exact) mass is 304 g/mol. The lowest BCUT2D eigenvalue weighted by atomic mass is 10.1. The Kier molecular flexibility index (Phi) is 3.59. The number of aromatic nitrogens is 2. The molecule has 2 nitrogen and oxygen atoms in total. The second kappa shape index (κ2) is 5.41. The molecule has 0 saturated heterocycles. The van der Waals surface area contributed by atoms with Gasteiger partial charge >= 0.3 is 0 Å². The molecule has 0 aliphatic rings. The average molecular weight is 304 g/mol. The molecule has 0 amide bonds. The van der Waals surface area contributed by atoms with E-state index in [1.54, 1.807) is 4.57 Å². The first kappa shape index (κ1) is 13.9. The van der Waals surface area contributed by atoms with Crippen LogP contribution in [0, 0.1) is 16.4 Å². The van der Waals surface area contributed by atoms with Gasteiger partial charge in [0.1, 0.15) is 11.3 Å². The van der Waals surface area contributed by atoms with Crippen molar-refractivity contribution in [3.63, 3.8) is 0 Å². The number of nitrogens with zero attached hydrogens (tertiary/aromatic N) is 1. The average Bonchev–Trinajstić information content (AvgIpc) is 2.76. The SMILES string of the molecule is CC(Cc1ccccc1)n1c(=S)[nH]c2c(F)cc(F)cc21. The molecule has 0 spiro atoms. The van der Waals surface area contributed by atoms with Gasteiger partial charge in [0.2, 0.25) is 0 Å². The first-order valence-corrected chi connectivity index (χ1v) is 7.10. The summed E-state index contributed by atoms with van der Waals surface area (Å²) in [6.07, 6.45) is 0.736. The highest BCUT2D eigenvalue weighted by Gasteiger charge is 2.15. The topological polar surface area (TPSA) is 20.7 Å². The summed E-state index contributed by atoms with van der Waals surface area (Å²) in [5, 5.41) is 0. The van der Waals surface area contributed by atoms with E-state index in [4.69, 9.17) is 12.2 Å². The molecule has 1 N–H and O–H groups in total. The summed E-state index contributed by atoms with van der Waals surface area (Å²) >= 11 is 5.27. The summed E-state index contributed by atoms with van der Waals surface area (Å²) in [4.78, 5) is 2.83. The second-order valence-corrected chi connectivity index (χ2v) is 5.51. The number of nitrogens with one attached hydrogen (secondary N) is 1. The van der Waals surface area contributed by atoms with E-state index in [2.05, 4.69) is 4.98 Å². The van der Waals surface area contributed by atoms with E-state index in [-0.39, 0.29) is 11.6 Å². The van der Waals surface area contributed by atoms with Crippen LogP contribution in [0.4, 0.5) is 8.78 Å². The highest BCUT2D eigenvalue weighted by molar-refractivity contribution is 7.71. The molecule has 1 unspecified atom stereocenters. The zero-order chi connectivity index (χ0) is 15.0. The van der Waals surface area contributed by atoms with Gasteiger partial charge in [0.25, 0.3) is 0 Å². The number of H-pyrrole nitrogens is 1. The molecule has 0 fully saturated rings. The number of aromatic amines is 1. The van der Waals surface area contributed by atoms with Gasteiger partial charge in [-0.15, -0.1) is 0 Å². The predicted molar refractivity (Wildman–Crippen MR) is 81.9 cm³/mol. The molecule has 0 aliphatic carbocycles. The number of halogens is 2. The molecular formula is C16H14F2N2S. The number of rotatable bonds is 3. The molecule has 21 heavy (non-hydrogen) atoms. The van der Waals surface area contributed by atoms with Crippen LogP contribution in [-0.2, 0) is 6.42 Å². The van der Waals surface area contributed by atoms with Gasteiger partial charge in [-0.05, 0) is 37.2 Å². The standard InChI is InChI=1S/C16H14F2N2S/c1-10(7-11-5-3-2-4-6-11)20-14-9-12(17)8-13(18)15(14)19-16(20)21/h2-6,8-10H,7H2,1H3,(H,19,21). The van der Waals surface area contributed by atoms with Crippen molar-refractivity contribution in [3.05, 3.63) is 64.4 Å². The van der Waals surface area contributed by atoms with Crippen LogP contribution < -0.4 is 0 Å². The lowest BCUT2D eigenvalue weighted by Crippen LogP contribution is -2.08. The van der Waals surface area contributed by atoms with Crippen molar-refractivity contribution >= 4 is 23.3 Å². The van der Waals surface area contributed by atoms with Crippen LogP contribution in [-0.4, -0.2) is 9.55 Å². The van der Waals surface area contributed by atoms with Crippen LogP contribution in [0.5, 0.6) is 0 Å². The highest BCUT2D eigenvalue weighted by atomic mass is 32.1. The van der Waals surface area contributed by atoms with Gasteiger partial charge in [0.05, 0.1) is 5.52 Å². The number of imidazole rings is 1. The maximum Gasteiger partial charge on any atom is 0.178 e. The minimum Gasteiger partial charge on any atom is -0.328 e. The molecule has 0 saturated carbocycles. The Morgan fingerprint density at radius 1 is 1.19 bits per heavy atom. The van der Waals surface area contributed by atoms with Crippen molar-refractivity contribution in [1.82, 2.24) is 9.55 Å². The van der Waals surface area contributed by atoms with E-state index >= 15 is 0 Å². The lowest BCUT2D eigenvalue weighted by molar-refractivity contribution is 0.550. The van der Waals surface area contributed by atoms with Gasteiger partial charge in [-0.25, -0.2) is 8.78 Å². The van der Waals surface area contributed by atoms with Crippen LogP contribution in [0.3, 0.4) is 0 Å². The molecule has 5 heteroatoms. The Labute approximate surface area is 126 Å². The Morgan fingerprint density at radius 2 is 1.90 bits per heavy atom. The minimum atomic E-state index is -0.623. The lowest BCUT2D eigenvalue weighted by Gasteiger charge is -2.15. The number of hydrogen-bond donors (Lipinski definition) is 1. The van der Waals surface area contributed by atoms with Crippen LogP contribution in [0.2, 0.25) is 0 Å². The summed E-state index contributed by atoms with van der Waals surface area (Å²) in [5.74, 6) is -1.23. The van der Waals surface area contributed by atoms with Crippen LogP contribution >= 0.6 is 12.2 Å². The molecule has 3 rings (SSSR count). The van der Waals surface area contributed by atoms with Crippen molar-refractivity contribution in [3.8, 4) is 0 Å². The molecule has 0 bridgehead atoms. The fourth-order valence-electron chi connectivity index (χ4n) is 2.63. The predicted octanol–water partition coefficient (Wildman–Crippen LogP) is 4.78. The first-order chi connectivity index (χ1) is 10.1. The number of fused-ring (bicyclic) bond motifs is 1. The summed E-state index contributed by atoms with van der Waals surface area (Å²) in [6.45, 7) is 1.99. The smallest absolute Gasteiger partial charge is 0.178 e. The highest BCUT2D eigenvalue weighted by Crippen LogP contribution is 2.24. The molecule has 2 aromatic carbocycles. The van der Waals surface area contributed by atoms with Gasteiger partial charge in [-0.1, -0.05) is 30.3 Å². The second-order valence-electron chi connectivity index (χ2n) is 5.12. The van der Waals surface area contributed by atoms with Gasteiger partial charge < -0.3 is 9.55 Å². The minimum absolute atomic E-state index is 0.00477. The quantitative estimate of drug-likeness (QED) is 0.691. The molecule has 0 radical (unpaired) electrons. The molecule has 1 heterocycles. The fourth-order valence-corrected chi connectivity index (χ4v) is 3.01. The van der Waals surface area contributed by atoms with E-state index in [1.165, 1.54) is 6.07 Å². The largest absolute Gasteiger partial charge is 0.328 e. The first-order valence-electron chi connectivity index (χ1n) is 6.69. The van der Waals surface area contributed by atoms with E-state index in [0.717, 1.165) is 18.1 Å². The Hall–Kier alpha value is -2.01. The van der Waals surface area contributed by atoms with Crippen LogP contribution in [0.25, 0.3) is 11.0 Å². The van der Waals surface area contributed by atoms with Gasteiger partial charge in [-0.3, -0.25) is 0 Å². The summed E-state index contributed by atoms with van der Waals surface area (Å²) in [5.41, 5.74) is 1.86. The van der Waals surface area contributed by atoms with E-state index in [1.807, 2.05) is 37.3 Å². The molecule has 3 aromatic rings. The molecule has 1 aromatic heterocycles. The molecule has 108 valence electrons. The third kappa shape index (κ3) is 2.61. The van der Waals surface area contributed by atoms with Crippen LogP contribution in [0.15, 0.2) is 42.5 Å². The summed E-state index contributed by atoms with van der Waals surface area (Å²) in [7, 11) is 0. The van der Waals surface area contributed by atoms with Gasteiger partial charge in [-0.2, -0.15) is 0 Å². The van der Waals surface area contributed by atoms with E-state index < -0.39 is 11.6 Å².